The molecule has 0 aliphatic carbocycles. The number of carbonyl (C=O) groups excluding carboxylic acids is 2. The van der Waals surface area contributed by atoms with Crippen molar-refractivity contribution >= 4 is 17.5 Å². The van der Waals surface area contributed by atoms with E-state index in [-0.39, 0.29) is 5.69 Å². The topological polar surface area (TPSA) is 78.4 Å². The number of hydrogen-bond acceptors (Lipinski definition) is 3. The van der Waals surface area contributed by atoms with Gasteiger partial charge in [-0.3, -0.25) is 9.59 Å². The average molecular weight is 320 g/mol. The van der Waals surface area contributed by atoms with Crippen molar-refractivity contribution in [2.24, 2.45) is 0 Å². The number of hydrogen-bond donors (Lipinski definition) is 3. The fourth-order valence-corrected chi connectivity index (χ4v) is 1.91. The Kier molecular flexibility index (Phi) is 5.37. The van der Waals surface area contributed by atoms with E-state index >= 15 is 0 Å². The van der Waals surface area contributed by atoms with Crippen molar-refractivity contribution in [2.75, 3.05) is 11.9 Å². The van der Waals surface area contributed by atoms with E-state index in [0.717, 1.165) is 18.2 Å². The first-order valence-electron chi connectivity index (χ1n) is 6.74. The van der Waals surface area contributed by atoms with Crippen LogP contribution in [0.1, 0.15) is 11.6 Å². The molecule has 3 N–H and O–H groups in total. The third kappa shape index (κ3) is 4.33. The standard InChI is InChI=1S/C16H14F2N2O3/c17-12-7-6-11(8-13(12)18)19-15(22)16(23)20-14(9-21)10-4-2-1-3-5-10/h1-8,14,21H,9H2,(H,19,22)(H,20,23). The third-order valence-corrected chi connectivity index (χ3v) is 3.07. The first-order chi connectivity index (χ1) is 11.0. The van der Waals surface area contributed by atoms with Crippen LogP contribution < -0.4 is 10.6 Å². The van der Waals surface area contributed by atoms with E-state index in [9.17, 15) is 23.5 Å². The van der Waals surface area contributed by atoms with Gasteiger partial charge in [-0.2, -0.15) is 0 Å². The predicted molar refractivity (Wildman–Crippen MR) is 79.4 cm³/mol. The van der Waals surface area contributed by atoms with Crippen LogP contribution in [0.2, 0.25) is 0 Å². The number of halogens is 2. The lowest BCUT2D eigenvalue weighted by molar-refractivity contribution is -0.136. The van der Waals surface area contributed by atoms with Crippen molar-refractivity contribution in [3.8, 4) is 0 Å². The first kappa shape index (κ1) is 16.6. The molecule has 0 spiro atoms. The van der Waals surface area contributed by atoms with Crippen molar-refractivity contribution < 1.29 is 23.5 Å². The van der Waals surface area contributed by atoms with Crippen LogP contribution in [0.4, 0.5) is 14.5 Å². The maximum atomic E-state index is 13.1. The molecule has 120 valence electrons. The summed E-state index contributed by atoms with van der Waals surface area (Å²) < 4.78 is 25.9. The summed E-state index contributed by atoms with van der Waals surface area (Å²) in [5.41, 5.74) is 0.577. The van der Waals surface area contributed by atoms with E-state index in [0.29, 0.717) is 5.56 Å². The molecule has 1 unspecified atom stereocenters. The van der Waals surface area contributed by atoms with Gasteiger partial charge >= 0.3 is 11.8 Å². The van der Waals surface area contributed by atoms with Crippen molar-refractivity contribution in [3.63, 3.8) is 0 Å². The maximum absolute atomic E-state index is 13.1. The lowest BCUT2D eigenvalue weighted by Gasteiger charge is -2.16. The zero-order valence-electron chi connectivity index (χ0n) is 11.9. The lowest BCUT2D eigenvalue weighted by Crippen LogP contribution is -2.39. The summed E-state index contributed by atoms with van der Waals surface area (Å²) in [5, 5.41) is 13.8. The molecule has 2 aromatic carbocycles. The highest BCUT2D eigenvalue weighted by molar-refractivity contribution is 6.39. The van der Waals surface area contributed by atoms with Crippen LogP contribution in [0.5, 0.6) is 0 Å². The Morgan fingerprint density at radius 1 is 1.00 bits per heavy atom. The molecule has 1 atom stereocenters. The molecule has 2 amide bonds. The Bertz CT molecular complexity index is 708. The van der Waals surface area contributed by atoms with Gasteiger partial charge in [0.2, 0.25) is 0 Å². The van der Waals surface area contributed by atoms with Crippen LogP contribution in [-0.2, 0) is 9.59 Å². The van der Waals surface area contributed by atoms with Crippen LogP contribution in [0.15, 0.2) is 48.5 Å². The molecule has 0 radical (unpaired) electrons. The molecule has 0 aliphatic rings. The van der Waals surface area contributed by atoms with E-state index in [1.165, 1.54) is 0 Å². The van der Waals surface area contributed by atoms with Crippen molar-refractivity contribution in [3.05, 3.63) is 65.7 Å². The number of benzene rings is 2. The molecule has 0 heterocycles. The molecule has 2 rings (SSSR count). The minimum atomic E-state index is -1.14. The van der Waals surface area contributed by atoms with Gasteiger partial charge in [-0.15, -0.1) is 0 Å². The molecular formula is C16H14F2N2O3. The number of aliphatic hydroxyl groups excluding tert-OH is 1. The Balaban J connectivity index is 2.01. The van der Waals surface area contributed by atoms with Crippen LogP contribution in [0.25, 0.3) is 0 Å². The van der Waals surface area contributed by atoms with Crippen molar-refractivity contribution in [1.82, 2.24) is 5.32 Å². The highest BCUT2D eigenvalue weighted by Crippen LogP contribution is 2.14. The number of amides is 2. The molecule has 0 saturated carbocycles. The van der Waals surface area contributed by atoms with E-state index in [1.807, 2.05) is 0 Å². The molecule has 0 saturated heterocycles. The van der Waals surface area contributed by atoms with Gasteiger partial charge in [0.05, 0.1) is 12.6 Å². The molecule has 0 fully saturated rings. The summed E-state index contributed by atoms with van der Waals surface area (Å²) in [4.78, 5) is 23.6. The second kappa shape index (κ2) is 7.46. The average Bonchev–Trinajstić information content (AvgIpc) is 2.56. The van der Waals surface area contributed by atoms with Gasteiger partial charge < -0.3 is 15.7 Å². The van der Waals surface area contributed by atoms with Gasteiger partial charge in [-0.1, -0.05) is 30.3 Å². The number of aliphatic hydroxyl groups is 1. The Morgan fingerprint density at radius 2 is 1.70 bits per heavy atom. The Labute approximate surface area is 130 Å². The summed E-state index contributed by atoms with van der Waals surface area (Å²) >= 11 is 0. The van der Waals surface area contributed by atoms with Gasteiger partial charge in [-0.25, -0.2) is 8.78 Å². The highest BCUT2D eigenvalue weighted by Gasteiger charge is 2.19. The molecule has 0 aliphatic heterocycles. The van der Waals surface area contributed by atoms with Gasteiger partial charge in [0.25, 0.3) is 0 Å². The zero-order chi connectivity index (χ0) is 16.8. The second-order valence-electron chi connectivity index (χ2n) is 4.70. The molecule has 0 bridgehead atoms. The number of carbonyl (C=O) groups is 2. The van der Waals surface area contributed by atoms with E-state index in [1.54, 1.807) is 30.3 Å². The SMILES string of the molecule is O=C(Nc1ccc(F)c(F)c1)C(=O)NC(CO)c1ccccc1. The summed E-state index contributed by atoms with van der Waals surface area (Å²) in [7, 11) is 0. The van der Waals surface area contributed by atoms with Gasteiger partial charge in [-0.05, 0) is 17.7 Å². The smallest absolute Gasteiger partial charge is 0.313 e. The van der Waals surface area contributed by atoms with Gasteiger partial charge in [0.1, 0.15) is 0 Å². The quantitative estimate of drug-likeness (QED) is 0.751. The second-order valence-corrected chi connectivity index (χ2v) is 4.70. The number of nitrogens with one attached hydrogen (secondary N) is 2. The lowest BCUT2D eigenvalue weighted by atomic mass is 10.1. The van der Waals surface area contributed by atoms with Crippen LogP contribution in [0.3, 0.4) is 0 Å². The summed E-state index contributed by atoms with van der Waals surface area (Å²) in [6.07, 6.45) is 0. The zero-order valence-corrected chi connectivity index (χ0v) is 11.9. The Hall–Kier alpha value is -2.80. The van der Waals surface area contributed by atoms with Crippen LogP contribution >= 0.6 is 0 Å². The number of rotatable bonds is 4. The maximum Gasteiger partial charge on any atom is 0.313 e. The van der Waals surface area contributed by atoms with Gasteiger partial charge in [0.15, 0.2) is 11.6 Å². The summed E-state index contributed by atoms with van der Waals surface area (Å²) in [5.74, 6) is -4.25. The van der Waals surface area contributed by atoms with Crippen LogP contribution in [0, 0.1) is 11.6 Å². The first-order valence-corrected chi connectivity index (χ1v) is 6.74. The number of anilines is 1. The van der Waals surface area contributed by atoms with E-state index in [2.05, 4.69) is 10.6 Å². The molecule has 5 nitrogen and oxygen atoms in total. The predicted octanol–water partition coefficient (Wildman–Crippen LogP) is 1.75. The van der Waals surface area contributed by atoms with Crippen LogP contribution in [-0.4, -0.2) is 23.5 Å². The van der Waals surface area contributed by atoms with Gasteiger partial charge in [0, 0.05) is 11.8 Å². The van der Waals surface area contributed by atoms with E-state index in [4.69, 9.17) is 0 Å². The van der Waals surface area contributed by atoms with Crippen molar-refractivity contribution in [1.29, 1.82) is 0 Å². The molecule has 23 heavy (non-hydrogen) atoms. The Morgan fingerprint density at radius 3 is 2.30 bits per heavy atom. The van der Waals surface area contributed by atoms with E-state index < -0.39 is 36.1 Å². The fraction of sp³-hybridized carbons (Fsp3) is 0.125. The normalized spacial score (nSPS) is 11.6. The molecule has 2 aromatic rings. The molecule has 7 heteroatoms. The highest BCUT2D eigenvalue weighted by atomic mass is 19.2. The largest absolute Gasteiger partial charge is 0.394 e. The third-order valence-electron chi connectivity index (χ3n) is 3.07. The molecule has 0 aromatic heterocycles. The minimum absolute atomic E-state index is 0.0516. The summed E-state index contributed by atoms with van der Waals surface area (Å²) in [6, 6.07) is 10.6. The fourth-order valence-electron chi connectivity index (χ4n) is 1.91. The monoisotopic (exact) mass is 320 g/mol. The minimum Gasteiger partial charge on any atom is -0.394 e. The van der Waals surface area contributed by atoms with Crippen molar-refractivity contribution in [2.45, 2.75) is 6.04 Å². The molecular weight excluding hydrogens is 306 g/mol. The summed E-state index contributed by atoms with van der Waals surface area (Å²) in [6.45, 7) is -0.395.